The van der Waals surface area contributed by atoms with Gasteiger partial charge in [-0.15, -0.1) is 0 Å². The van der Waals surface area contributed by atoms with Crippen molar-refractivity contribution in [3.63, 3.8) is 0 Å². The Morgan fingerprint density at radius 3 is 2.68 bits per heavy atom. The van der Waals surface area contributed by atoms with Gasteiger partial charge in [0.05, 0.1) is 49.8 Å². The number of rotatable bonds is 13. The molecule has 8 atom stereocenters. The molecule has 9 N–H and O–H groups in total. The van der Waals surface area contributed by atoms with E-state index >= 15 is 0 Å². The highest BCUT2D eigenvalue weighted by atomic mass is 16.6. The predicted molar refractivity (Wildman–Crippen MR) is 187 cm³/mol. The lowest BCUT2D eigenvalue weighted by atomic mass is 9.33. The molecule has 1 aromatic rings. The monoisotopic (exact) mass is 697 g/mol. The molecule has 1 saturated heterocycles. The third-order valence-electron chi connectivity index (χ3n) is 13.8. The van der Waals surface area contributed by atoms with E-state index in [1.165, 1.54) is 35.4 Å². The molecule has 0 aromatic heterocycles. The third-order valence-corrected chi connectivity index (χ3v) is 13.8. The molecule has 50 heavy (non-hydrogen) atoms. The summed E-state index contributed by atoms with van der Waals surface area (Å²) in [7, 11) is 5.93. The smallest absolute Gasteiger partial charge is 0.415 e. The van der Waals surface area contributed by atoms with Crippen molar-refractivity contribution in [3.8, 4) is 11.5 Å². The number of likely N-dealkylation sites (tertiary alicyclic amines) is 1. The summed E-state index contributed by atoms with van der Waals surface area (Å²) in [4.78, 5) is 30.3. The molecule has 13 heteroatoms. The Kier molecular flexibility index (Phi) is 8.64. The van der Waals surface area contributed by atoms with Crippen LogP contribution >= 0.6 is 0 Å². The van der Waals surface area contributed by atoms with Gasteiger partial charge in [0.1, 0.15) is 11.7 Å². The minimum Gasteiger partial charge on any atom is -0.482 e. The molecule has 4 saturated carbocycles. The van der Waals surface area contributed by atoms with Crippen molar-refractivity contribution in [2.24, 2.45) is 34.5 Å². The van der Waals surface area contributed by atoms with Crippen molar-refractivity contribution in [1.82, 2.24) is 10.2 Å². The number of carbonyl (C=O) groups is 2. The number of carbonyl (C=O) groups excluding carboxylic acids is 2. The zero-order valence-corrected chi connectivity index (χ0v) is 30.6. The SMILES string of the molecule is CO[C@]12CC[C@@]3(C[C@@H]1C(C)(C)O)[C@@H]1Cc4ccc(OC(=O)N(C)CCNC(=O)[C@@H](N)CCC[NH+]=C(N)N)c5c4[C@@]3(CC[N+]1(C)CC1CC1)[C@H]2O5. The van der Waals surface area contributed by atoms with Crippen molar-refractivity contribution < 1.29 is 38.4 Å². The molecule has 2 spiro atoms. The van der Waals surface area contributed by atoms with E-state index in [9.17, 15) is 14.7 Å². The second-order valence-corrected chi connectivity index (χ2v) is 17.1. The minimum atomic E-state index is -0.954. The maximum atomic E-state index is 13.5. The maximum Gasteiger partial charge on any atom is 0.415 e. The summed E-state index contributed by atoms with van der Waals surface area (Å²) in [6.45, 7) is 7.16. The van der Waals surface area contributed by atoms with E-state index in [-0.39, 0.29) is 47.8 Å². The number of piperidine rings is 1. The summed E-state index contributed by atoms with van der Waals surface area (Å²) < 4.78 is 20.9. The van der Waals surface area contributed by atoms with Crippen LogP contribution in [0.5, 0.6) is 11.5 Å². The standard InChI is InChI=1S/C37H57N7O6/c1-34(2,47)26-20-35-12-13-37(26,48-5)31-36(35)14-18-44(4,21-22-8-9-22)27(35)19-23-10-11-25(29(50-31)28(23)36)49-33(46)43(3)17-16-41-30(45)24(38)7-6-15-42-32(39)40/h10-11,22,24,26-27,31,47H,6-9,12-21,38H2,1-5H3,(H4-,39,40,41,42,45)/p+2/t24-,26+,27-,31+,35+,36-,37+,44?/m0/s1. The zero-order chi connectivity index (χ0) is 35.9. The number of amides is 2. The van der Waals surface area contributed by atoms with Gasteiger partial charge in [-0.3, -0.25) is 21.3 Å². The van der Waals surface area contributed by atoms with E-state index in [4.69, 9.17) is 31.4 Å². The number of guanidine groups is 1. The Morgan fingerprint density at radius 1 is 1.24 bits per heavy atom. The Labute approximate surface area is 295 Å². The molecule has 2 aliphatic heterocycles. The normalized spacial score (nSPS) is 35.1. The molecule has 276 valence electrons. The maximum absolute atomic E-state index is 13.5. The minimum absolute atomic E-state index is 0.0615. The average Bonchev–Trinajstić information content (AvgIpc) is 3.80. The van der Waals surface area contributed by atoms with Gasteiger partial charge in [0.2, 0.25) is 5.91 Å². The van der Waals surface area contributed by atoms with Crippen molar-refractivity contribution in [3.05, 3.63) is 23.3 Å². The molecule has 2 amide bonds. The van der Waals surface area contributed by atoms with Crippen LogP contribution in [-0.2, 0) is 21.4 Å². The molecular formula is C37H59N7O6+2. The number of nitrogens with zero attached hydrogens (tertiary/aromatic N) is 2. The number of nitrogens with one attached hydrogen (secondary N) is 2. The number of hydrogen-bond donors (Lipinski definition) is 6. The second kappa shape index (κ2) is 12.2. The lowest BCUT2D eigenvalue weighted by Gasteiger charge is -2.75. The fraction of sp³-hybridized carbons (Fsp3) is 0.757. The molecule has 5 fully saturated rings. The third kappa shape index (κ3) is 5.28. The van der Waals surface area contributed by atoms with Gasteiger partial charge < -0.3 is 39.8 Å². The van der Waals surface area contributed by atoms with Crippen LogP contribution in [0.4, 0.5) is 4.79 Å². The molecule has 1 unspecified atom stereocenters. The van der Waals surface area contributed by atoms with Gasteiger partial charge in [0, 0.05) is 62.9 Å². The van der Waals surface area contributed by atoms with Crippen LogP contribution in [0.2, 0.25) is 0 Å². The van der Waals surface area contributed by atoms with E-state index < -0.39 is 23.3 Å². The van der Waals surface area contributed by atoms with Gasteiger partial charge in [0.25, 0.3) is 0 Å². The van der Waals surface area contributed by atoms with Crippen molar-refractivity contribution in [1.29, 1.82) is 0 Å². The molecule has 0 radical (unpaired) electrons. The lowest BCUT2D eigenvalue weighted by Crippen LogP contribution is -2.84. The number of methoxy groups -OCH3 is 1. The van der Waals surface area contributed by atoms with Gasteiger partial charge >= 0.3 is 12.1 Å². The van der Waals surface area contributed by atoms with Crippen molar-refractivity contribution in [2.45, 2.75) is 106 Å². The Morgan fingerprint density at radius 2 is 2.00 bits per heavy atom. The fourth-order valence-electron chi connectivity index (χ4n) is 11.4. The van der Waals surface area contributed by atoms with E-state index in [2.05, 4.69) is 23.4 Å². The van der Waals surface area contributed by atoms with E-state index in [1.807, 2.05) is 19.9 Å². The van der Waals surface area contributed by atoms with Crippen LogP contribution in [0.3, 0.4) is 0 Å². The van der Waals surface area contributed by atoms with Crippen LogP contribution in [0.1, 0.15) is 76.3 Å². The first-order valence-electron chi connectivity index (χ1n) is 18.6. The Balaban J connectivity index is 1.13. The van der Waals surface area contributed by atoms with Gasteiger partial charge in [-0.05, 0) is 70.4 Å². The second-order valence-electron chi connectivity index (χ2n) is 17.1. The highest BCUT2D eigenvalue weighted by Gasteiger charge is 2.84. The van der Waals surface area contributed by atoms with Gasteiger partial charge in [-0.25, -0.2) is 4.79 Å². The summed E-state index contributed by atoms with van der Waals surface area (Å²) in [5.74, 6) is 1.64. The summed E-state index contributed by atoms with van der Waals surface area (Å²) in [5.41, 5.74) is 17.4. The topological polar surface area (TPSA) is 189 Å². The van der Waals surface area contributed by atoms with Gasteiger partial charge in [0.15, 0.2) is 11.5 Å². The first kappa shape index (κ1) is 35.3. The first-order chi connectivity index (χ1) is 23.6. The van der Waals surface area contributed by atoms with E-state index in [0.29, 0.717) is 36.9 Å². The number of benzene rings is 1. The van der Waals surface area contributed by atoms with Gasteiger partial charge in [-0.1, -0.05) is 6.07 Å². The molecule has 7 aliphatic rings. The average molecular weight is 698 g/mol. The number of ether oxygens (including phenoxy) is 3. The van der Waals surface area contributed by atoms with Crippen LogP contribution in [0.25, 0.3) is 0 Å². The van der Waals surface area contributed by atoms with Crippen LogP contribution in [-0.4, -0.2) is 116 Å². The number of likely N-dealkylation sites (N-methyl/N-ethyl adjacent to an activating group) is 2. The predicted octanol–water partition coefficient (Wildman–Crippen LogP) is -0.165. The molecule has 1 aromatic carbocycles. The van der Waals surface area contributed by atoms with Gasteiger partial charge in [-0.2, -0.15) is 0 Å². The lowest BCUT2D eigenvalue weighted by molar-refractivity contribution is -0.952. The quantitative estimate of drug-likeness (QED) is 0.0704. The molecule has 8 rings (SSSR count). The number of aliphatic hydroxyl groups is 1. The van der Waals surface area contributed by atoms with Crippen LogP contribution < -0.4 is 37.0 Å². The number of quaternary nitrogens is 1. The van der Waals surface area contributed by atoms with Crippen molar-refractivity contribution >= 4 is 18.0 Å². The largest absolute Gasteiger partial charge is 0.482 e. The Bertz CT molecular complexity index is 1560. The fourth-order valence-corrected chi connectivity index (χ4v) is 11.4. The summed E-state index contributed by atoms with van der Waals surface area (Å²) in [6.07, 6.45) is 7.64. The molecular weight excluding hydrogens is 638 g/mol. The zero-order valence-electron chi connectivity index (χ0n) is 30.6. The summed E-state index contributed by atoms with van der Waals surface area (Å²) in [5, 5.41) is 14.6. The van der Waals surface area contributed by atoms with E-state index in [1.54, 1.807) is 14.2 Å². The first-order valence-corrected chi connectivity index (χ1v) is 18.6. The molecule has 2 heterocycles. The highest BCUT2D eigenvalue weighted by Crippen LogP contribution is 2.78. The summed E-state index contributed by atoms with van der Waals surface area (Å²) in [6, 6.07) is 3.80. The number of nitrogens with two attached hydrogens (primary N) is 3. The van der Waals surface area contributed by atoms with Crippen LogP contribution in [0, 0.1) is 17.3 Å². The summed E-state index contributed by atoms with van der Waals surface area (Å²) >= 11 is 0. The molecule has 13 nitrogen and oxygen atoms in total. The molecule has 4 bridgehead atoms. The Hall–Kier alpha value is -3.13. The van der Waals surface area contributed by atoms with Crippen LogP contribution in [0.15, 0.2) is 12.1 Å². The number of fused-ring (bicyclic) bond motifs is 2. The van der Waals surface area contributed by atoms with E-state index in [0.717, 1.165) is 49.0 Å². The number of hydrogen-bond acceptors (Lipinski definition) is 7. The molecule has 5 aliphatic carbocycles. The highest BCUT2D eigenvalue weighted by molar-refractivity contribution is 5.81. The van der Waals surface area contributed by atoms with Crippen molar-refractivity contribution in [2.75, 3.05) is 53.9 Å².